The molecule has 0 aliphatic carbocycles. The Hall–Kier alpha value is -3.58. The first-order valence-corrected chi connectivity index (χ1v) is 12.8. The van der Waals surface area contributed by atoms with E-state index < -0.39 is 5.82 Å². The predicted octanol–water partition coefficient (Wildman–Crippen LogP) is 8.52. The number of amides is 1. The van der Waals surface area contributed by atoms with E-state index in [1.54, 1.807) is 35.2 Å². The summed E-state index contributed by atoms with van der Waals surface area (Å²) < 4.78 is 20.2. The molecule has 0 bridgehead atoms. The van der Waals surface area contributed by atoms with Crippen LogP contribution in [0.25, 0.3) is 6.08 Å². The van der Waals surface area contributed by atoms with Crippen LogP contribution in [-0.2, 0) is 11.4 Å². The summed E-state index contributed by atoms with van der Waals surface area (Å²) in [6, 6.07) is 28.3. The zero-order chi connectivity index (χ0) is 25.8. The van der Waals surface area contributed by atoms with E-state index in [2.05, 4.69) is 0 Å². The van der Waals surface area contributed by atoms with Gasteiger partial charge in [-0.05, 0) is 72.4 Å². The molecule has 4 aromatic carbocycles. The fraction of sp³-hybridized carbons (Fsp3) is 0.0345. The lowest BCUT2D eigenvalue weighted by atomic mass is 10.1. The van der Waals surface area contributed by atoms with Crippen molar-refractivity contribution >= 4 is 63.5 Å². The van der Waals surface area contributed by atoms with E-state index in [-0.39, 0.29) is 23.1 Å². The van der Waals surface area contributed by atoms with Crippen molar-refractivity contribution in [2.45, 2.75) is 6.61 Å². The van der Waals surface area contributed by atoms with E-state index in [0.29, 0.717) is 32.1 Å². The zero-order valence-corrected chi connectivity index (χ0v) is 21.6. The number of benzene rings is 4. The molecule has 1 amide bonds. The monoisotopic (exact) mass is 548 g/mol. The van der Waals surface area contributed by atoms with Gasteiger partial charge in [-0.25, -0.2) is 9.38 Å². The van der Waals surface area contributed by atoms with Crippen LogP contribution in [0.3, 0.4) is 0 Å². The summed E-state index contributed by atoms with van der Waals surface area (Å²) in [5, 5.41) is 1.27. The summed E-state index contributed by atoms with van der Waals surface area (Å²) in [7, 11) is 0. The average Bonchev–Trinajstić information content (AvgIpc) is 3.20. The number of thioether (sulfide) groups is 1. The van der Waals surface area contributed by atoms with Crippen molar-refractivity contribution in [3.8, 4) is 5.75 Å². The lowest BCUT2D eigenvalue weighted by Gasteiger charge is -2.15. The molecule has 4 aromatic rings. The van der Waals surface area contributed by atoms with Gasteiger partial charge in [0.1, 0.15) is 18.2 Å². The Bertz CT molecular complexity index is 1490. The molecule has 0 spiro atoms. The zero-order valence-electron chi connectivity index (χ0n) is 19.3. The Kier molecular flexibility index (Phi) is 7.60. The summed E-state index contributed by atoms with van der Waals surface area (Å²) >= 11 is 13.7. The van der Waals surface area contributed by atoms with E-state index in [4.69, 9.17) is 32.9 Å². The highest BCUT2D eigenvalue weighted by atomic mass is 35.5. The van der Waals surface area contributed by atoms with Gasteiger partial charge in [0.2, 0.25) is 0 Å². The van der Waals surface area contributed by atoms with E-state index in [1.807, 2.05) is 60.7 Å². The Morgan fingerprint density at radius 3 is 2.38 bits per heavy atom. The molecule has 0 N–H and O–H groups in total. The smallest absolute Gasteiger partial charge is 0.271 e. The summed E-state index contributed by atoms with van der Waals surface area (Å²) in [4.78, 5) is 20.3. The minimum absolute atomic E-state index is 0.0821. The number of carbonyl (C=O) groups is 1. The molecule has 1 fully saturated rings. The maximum Gasteiger partial charge on any atom is 0.271 e. The minimum atomic E-state index is -0.455. The highest BCUT2D eigenvalue weighted by Gasteiger charge is 2.35. The van der Waals surface area contributed by atoms with E-state index in [0.717, 1.165) is 5.69 Å². The Balaban J connectivity index is 1.51. The van der Waals surface area contributed by atoms with Gasteiger partial charge in [0.05, 0.1) is 21.3 Å². The van der Waals surface area contributed by atoms with Gasteiger partial charge in [0.15, 0.2) is 5.17 Å². The molecule has 1 saturated heterocycles. The molecular formula is C29H19Cl2FN2O2S. The number of carbonyl (C=O) groups excluding carboxylic acids is 1. The third-order valence-electron chi connectivity index (χ3n) is 5.49. The number of nitrogens with zero attached hydrogens (tertiary/aromatic N) is 2. The van der Waals surface area contributed by atoms with Gasteiger partial charge < -0.3 is 4.74 Å². The number of hydrogen-bond donors (Lipinski definition) is 0. The number of rotatable bonds is 6. The predicted molar refractivity (Wildman–Crippen MR) is 150 cm³/mol. The van der Waals surface area contributed by atoms with Gasteiger partial charge in [-0.1, -0.05) is 65.7 Å². The van der Waals surface area contributed by atoms with Gasteiger partial charge in [-0.15, -0.1) is 0 Å². The molecular weight excluding hydrogens is 530 g/mol. The van der Waals surface area contributed by atoms with Gasteiger partial charge in [0, 0.05) is 16.1 Å². The Morgan fingerprint density at radius 2 is 1.65 bits per heavy atom. The number of para-hydroxylation sites is 2. The normalized spacial score (nSPS) is 15.5. The third kappa shape index (κ3) is 5.72. The van der Waals surface area contributed by atoms with Crippen molar-refractivity contribution in [3.05, 3.63) is 129 Å². The molecule has 5 rings (SSSR count). The van der Waals surface area contributed by atoms with Gasteiger partial charge in [-0.2, -0.15) is 0 Å². The van der Waals surface area contributed by atoms with Crippen LogP contribution in [0, 0.1) is 5.82 Å². The van der Waals surface area contributed by atoms with Crippen LogP contribution in [0.15, 0.2) is 107 Å². The summed E-state index contributed by atoms with van der Waals surface area (Å²) in [6.45, 7) is -0.0821. The van der Waals surface area contributed by atoms with Crippen molar-refractivity contribution in [1.82, 2.24) is 0 Å². The van der Waals surface area contributed by atoms with Crippen LogP contribution in [0.1, 0.15) is 11.1 Å². The largest absolute Gasteiger partial charge is 0.488 e. The van der Waals surface area contributed by atoms with Crippen molar-refractivity contribution in [2.75, 3.05) is 4.90 Å². The van der Waals surface area contributed by atoms with Gasteiger partial charge in [-0.3, -0.25) is 9.69 Å². The quantitative estimate of drug-likeness (QED) is 0.227. The lowest BCUT2D eigenvalue weighted by Crippen LogP contribution is -2.28. The SMILES string of the molecule is O=C1/C(=C\c2cc(Cl)ccc2OCc2c(F)cccc2Cl)SC(=Nc2ccccc2)N1c1ccccc1. The molecule has 1 aliphatic rings. The number of anilines is 1. The first-order valence-electron chi connectivity index (χ1n) is 11.3. The fourth-order valence-electron chi connectivity index (χ4n) is 3.69. The van der Waals surface area contributed by atoms with Crippen molar-refractivity contribution in [1.29, 1.82) is 0 Å². The molecule has 0 atom stereocenters. The topological polar surface area (TPSA) is 41.9 Å². The van der Waals surface area contributed by atoms with Crippen molar-refractivity contribution in [2.24, 2.45) is 4.99 Å². The van der Waals surface area contributed by atoms with E-state index in [1.165, 1.54) is 23.9 Å². The van der Waals surface area contributed by atoms with E-state index in [9.17, 15) is 9.18 Å². The fourth-order valence-corrected chi connectivity index (χ4v) is 5.08. The van der Waals surface area contributed by atoms with Crippen LogP contribution in [-0.4, -0.2) is 11.1 Å². The van der Waals surface area contributed by atoms with Crippen molar-refractivity contribution < 1.29 is 13.9 Å². The maximum absolute atomic E-state index is 14.3. The van der Waals surface area contributed by atoms with Crippen LogP contribution < -0.4 is 9.64 Å². The molecule has 4 nitrogen and oxygen atoms in total. The van der Waals surface area contributed by atoms with E-state index >= 15 is 0 Å². The van der Waals surface area contributed by atoms with Crippen LogP contribution in [0.4, 0.5) is 15.8 Å². The molecule has 1 aliphatic heterocycles. The highest BCUT2D eigenvalue weighted by Crippen LogP contribution is 2.39. The number of ether oxygens (including phenoxy) is 1. The molecule has 184 valence electrons. The summed E-state index contributed by atoms with van der Waals surface area (Å²) in [6.07, 6.45) is 1.71. The third-order valence-corrected chi connectivity index (χ3v) is 7.05. The molecule has 37 heavy (non-hydrogen) atoms. The molecule has 0 radical (unpaired) electrons. The number of aliphatic imine (C=N–C) groups is 1. The van der Waals surface area contributed by atoms with Gasteiger partial charge >= 0.3 is 0 Å². The second-order valence-electron chi connectivity index (χ2n) is 7.99. The first-order chi connectivity index (χ1) is 18.0. The second-order valence-corrected chi connectivity index (χ2v) is 9.84. The van der Waals surface area contributed by atoms with Crippen LogP contribution in [0.5, 0.6) is 5.75 Å². The van der Waals surface area contributed by atoms with Crippen molar-refractivity contribution in [3.63, 3.8) is 0 Å². The second kappa shape index (κ2) is 11.2. The Labute approximate surface area is 228 Å². The average molecular weight is 549 g/mol. The molecule has 0 saturated carbocycles. The molecule has 0 unspecified atom stereocenters. The lowest BCUT2D eigenvalue weighted by molar-refractivity contribution is -0.113. The number of halogens is 3. The minimum Gasteiger partial charge on any atom is -0.488 e. The Morgan fingerprint density at radius 1 is 0.919 bits per heavy atom. The molecule has 0 aromatic heterocycles. The maximum atomic E-state index is 14.3. The summed E-state index contributed by atoms with van der Waals surface area (Å²) in [5.41, 5.74) is 2.25. The van der Waals surface area contributed by atoms with Crippen LogP contribution in [0.2, 0.25) is 10.0 Å². The van der Waals surface area contributed by atoms with Gasteiger partial charge in [0.25, 0.3) is 5.91 Å². The summed E-state index contributed by atoms with van der Waals surface area (Å²) in [5.74, 6) is -0.249. The standard InChI is InChI=1S/C29H19Cl2FN2O2S/c30-20-14-15-26(36-18-23-24(31)12-7-13-25(23)32)19(16-20)17-27-28(35)34(22-10-5-2-6-11-22)29(37-27)33-21-8-3-1-4-9-21/h1-17H,18H2/b27-17+,33-29?. The molecule has 1 heterocycles. The number of hydrogen-bond acceptors (Lipinski definition) is 4. The van der Waals surface area contributed by atoms with Crippen LogP contribution >= 0.6 is 35.0 Å². The number of amidine groups is 1. The first kappa shape index (κ1) is 25.1. The highest BCUT2D eigenvalue weighted by molar-refractivity contribution is 8.19. The molecule has 8 heteroatoms.